The van der Waals surface area contributed by atoms with Gasteiger partial charge in [0.25, 0.3) is 5.91 Å². The molecule has 0 radical (unpaired) electrons. The molecule has 0 spiro atoms. The fraction of sp³-hybridized carbons (Fsp3) is 0.357. The van der Waals surface area contributed by atoms with Crippen molar-refractivity contribution in [1.82, 2.24) is 25.5 Å². The number of hydrogen-bond donors (Lipinski definition) is 3. The normalized spacial score (nSPS) is 15.2. The number of rotatable bonds is 7. The van der Waals surface area contributed by atoms with Crippen LogP contribution in [0.4, 0.5) is 5.82 Å². The summed E-state index contributed by atoms with van der Waals surface area (Å²) in [6.45, 7) is 5.74. The predicted octanol–water partition coefficient (Wildman–Crippen LogP) is 4.29. The number of aromatic nitrogens is 4. The van der Waals surface area contributed by atoms with Crippen LogP contribution in [-0.2, 0) is 17.6 Å². The zero-order valence-electron chi connectivity index (χ0n) is 21.6. The van der Waals surface area contributed by atoms with E-state index in [4.69, 9.17) is 19.4 Å². The molecule has 192 valence electrons. The van der Waals surface area contributed by atoms with Gasteiger partial charge in [-0.2, -0.15) is 5.10 Å². The van der Waals surface area contributed by atoms with E-state index in [-0.39, 0.29) is 24.1 Å². The highest BCUT2D eigenvalue weighted by Crippen LogP contribution is 2.31. The van der Waals surface area contributed by atoms with Crippen LogP contribution in [0, 0.1) is 0 Å². The van der Waals surface area contributed by atoms with Gasteiger partial charge in [0, 0.05) is 28.2 Å². The Morgan fingerprint density at radius 2 is 2.00 bits per heavy atom. The average molecular weight is 501 g/mol. The predicted molar refractivity (Wildman–Crippen MR) is 143 cm³/mol. The standard InChI is InChI=1S/C28H32N6O3/c1-28(2,3)33-25(35)16-37-21-7-5-6-17(13-21)26-31-24-11-9-20(36-4)14-22(24)27(32-26)30-19-8-10-23-18(12-19)15-29-34-23/h5-7,9,11,13-15,19H,8,10,12,16H2,1-4H3,(H,29,34)(H,33,35)(H,30,31,32). The Morgan fingerprint density at radius 1 is 1.14 bits per heavy atom. The number of fused-ring (bicyclic) bond motifs is 2. The van der Waals surface area contributed by atoms with Gasteiger partial charge in [0.2, 0.25) is 0 Å². The third-order valence-corrected chi connectivity index (χ3v) is 6.24. The molecule has 5 rings (SSSR count). The maximum Gasteiger partial charge on any atom is 0.258 e. The number of carbonyl (C=O) groups excluding carboxylic acids is 1. The summed E-state index contributed by atoms with van der Waals surface area (Å²) in [6.07, 6.45) is 4.69. The number of methoxy groups -OCH3 is 1. The van der Waals surface area contributed by atoms with E-state index in [0.29, 0.717) is 11.6 Å². The highest BCUT2D eigenvalue weighted by Gasteiger charge is 2.22. The van der Waals surface area contributed by atoms with Gasteiger partial charge in [-0.15, -0.1) is 0 Å². The lowest BCUT2D eigenvalue weighted by molar-refractivity contribution is -0.124. The van der Waals surface area contributed by atoms with Gasteiger partial charge in [-0.3, -0.25) is 9.89 Å². The number of nitrogens with zero attached hydrogens (tertiary/aromatic N) is 3. The first-order valence-electron chi connectivity index (χ1n) is 12.4. The lowest BCUT2D eigenvalue weighted by Crippen LogP contribution is -2.43. The third kappa shape index (κ3) is 5.82. The number of aryl methyl sites for hydroxylation is 1. The second-order valence-corrected chi connectivity index (χ2v) is 10.4. The van der Waals surface area contributed by atoms with Crippen molar-refractivity contribution in [1.29, 1.82) is 0 Å². The lowest BCUT2D eigenvalue weighted by Gasteiger charge is -2.24. The van der Waals surface area contributed by atoms with E-state index in [2.05, 4.69) is 20.8 Å². The summed E-state index contributed by atoms with van der Waals surface area (Å²) in [5.41, 5.74) is 3.74. The Kier molecular flexibility index (Phi) is 6.69. The highest BCUT2D eigenvalue weighted by molar-refractivity contribution is 5.92. The summed E-state index contributed by atoms with van der Waals surface area (Å²) < 4.78 is 11.2. The molecule has 9 nitrogen and oxygen atoms in total. The van der Waals surface area contributed by atoms with Gasteiger partial charge in [0.1, 0.15) is 17.3 Å². The van der Waals surface area contributed by atoms with Crippen LogP contribution in [0.15, 0.2) is 48.7 Å². The summed E-state index contributed by atoms with van der Waals surface area (Å²) in [7, 11) is 1.65. The number of anilines is 1. The van der Waals surface area contributed by atoms with Crippen LogP contribution in [0.2, 0.25) is 0 Å². The van der Waals surface area contributed by atoms with Crippen LogP contribution in [0.25, 0.3) is 22.3 Å². The molecule has 0 bridgehead atoms. The smallest absolute Gasteiger partial charge is 0.258 e. The molecule has 4 aromatic rings. The lowest BCUT2D eigenvalue weighted by atomic mass is 9.93. The van der Waals surface area contributed by atoms with Crippen molar-refractivity contribution in [3.63, 3.8) is 0 Å². The monoisotopic (exact) mass is 500 g/mol. The molecule has 0 saturated carbocycles. The molecule has 2 heterocycles. The maximum atomic E-state index is 12.2. The number of benzene rings is 2. The number of aromatic amines is 1. The van der Waals surface area contributed by atoms with Gasteiger partial charge >= 0.3 is 0 Å². The van der Waals surface area contributed by atoms with E-state index < -0.39 is 0 Å². The fourth-order valence-corrected chi connectivity index (χ4v) is 4.53. The van der Waals surface area contributed by atoms with Crippen LogP contribution in [0.5, 0.6) is 11.5 Å². The molecule has 1 amide bonds. The molecule has 2 aromatic carbocycles. The Hall–Kier alpha value is -4.14. The summed E-state index contributed by atoms with van der Waals surface area (Å²) in [5.74, 6) is 2.48. The Balaban J connectivity index is 1.43. The second-order valence-electron chi connectivity index (χ2n) is 10.4. The van der Waals surface area contributed by atoms with Crippen molar-refractivity contribution in [2.45, 2.75) is 51.6 Å². The number of amides is 1. The largest absolute Gasteiger partial charge is 0.497 e. The number of hydrogen-bond acceptors (Lipinski definition) is 7. The molecule has 9 heteroatoms. The average Bonchev–Trinajstić information content (AvgIpc) is 3.34. The summed E-state index contributed by atoms with van der Waals surface area (Å²) in [6, 6.07) is 13.5. The minimum atomic E-state index is -0.315. The van der Waals surface area contributed by atoms with Crippen LogP contribution in [0.3, 0.4) is 0 Å². The Bertz CT molecular complexity index is 1430. The van der Waals surface area contributed by atoms with Crippen molar-refractivity contribution in [3.8, 4) is 22.9 Å². The van der Waals surface area contributed by atoms with Crippen LogP contribution in [-0.4, -0.2) is 51.4 Å². The zero-order valence-corrected chi connectivity index (χ0v) is 21.6. The van der Waals surface area contributed by atoms with Crippen LogP contribution < -0.4 is 20.1 Å². The molecule has 1 atom stereocenters. The third-order valence-electron chi connectivity index (χ3n) is 6.24. The molecule has 0 aliphatic heterocycles. The number of nitrogens with one attached hydrogen (secondary N) is 3. The van der Waals surface area contributed by atoms with E-state index in [1.165, 1.54) is 11.3 Å². The van der Waals surface area contributed by atoms with Crippen molar-refractivity contribution in [3.05, 3.63) is 59.9 Å². The maximum absolute atomic E-state index is 12.2. The number of carbonyl (C=O) groups is 1. The van der Waals surface area contributed by atoms with Gasteiger partial charge < -0.3 is 20.1 Å². The molecule has 37 heavy (non-hydrogen) atoms. The molecule has 3 N–H and O–H groups in total. The molecular weight excluding hydrogens is 468 g/mol. The van der Waals surface area contributed by atoms with Gasteiger partial charge in [-0.05, 0) is 75.9 Å². The SMILES string of the molecule is COc1ccc2nc(-c3cccc(OCC(=O)NC(C)(C)C)c3)nc(NC3CCc4[nH]ncc4C3)c2c1. The van der Waals surface area contributed by atoms with E-state index in [0.717, 1.165) is 47.3 Å². The van der Waals surface area contributed by atoms with Gasteiger partial charge in [0.05, 0.1) is 18.8 Å². The molecule has 0 saturated heterocycles. The molecular formula is C28H32N6O3. The van der Waals surface area contributed by atoms with E-state index in [1.54, 1.807) is 7.11 Å². The summed E-state index contributed by atoms with van der Waals surface area (Å²) in [5, 5.41) is 14.7. The molecule has 0 fully saturated rings. The zero-order chi connectivity index (χ0) is 26.0. The minimum absolute atomic E-state index is 0.0659. The van der Waals surface area contributed by atoms with Crippen LogP contribution in [0.1, 0.15) is 38.4 Å². The summed E-state index contributed by atoms with van der Waals surface area (Å²) in [4.78, 5) is 22.0. The van der Waals surface area contributed by atoms with Gasteiger partial charge in [-0.1, -0.05) is 12.1 Å². The number of H-pyrrole nitrogens is 1. The first kappa shape index (κ1) is 24.5. The van der Waals surface area contributed by atoms with E-state index in [9.17, 15) is 4.79 Å². The van der Waals surface area contributed by atoms with E-state index in [1.807, 2.05) is 69.4 Å². The quantitative estimate of drug-likeness (QED) is 0.347. The molecule has 2 aromatic heterocycles. The highest BCUT2D eigenvalue weighted by atomic mass is 16.5. The first-order chi connectivity index (χ1) is 17.8. The number of ether oxygens (including phenoxy) is 2. The Labute approximate surface area is 216 Å². The molecule has 1 aliphatic carbocycles. The minimum Gasteiger partial charge on any atom is -0.497 e. The van der Waals surface area contributed by atoms with Crippen molar-refractivity contribution in [2.75, 3.05) is 19.0 Å². The van der Waals surface area contributed by atoms with Gasteiger partial charge in [-0.25, -0.2) is 9.97 Å². The van der Waals surface area contributed by atoms with Gasteiger partial charge in [0.15, 0.2) is 12.4 Å². The summed E-state index contributed by atoms with van der Waals surface area (Å²) >= 11 is 0. The molecule has 1 aliphatic rings. The van der Waals surface area contributed by atoms with E-state index >= 15 is 0 Å². The van der Waals surface area contributed by atoms with Crippen molar-refractivity contribution < 1.29 is 14.3 Å². The van der Waals surface area contributed by atoms with Crippen LogP contribution >= 0.6 is 0 Å². The van der Waals surface area contributed by atoms with Crippen molar-refractivity contribution >= 4 is 22.6 Å². The van der Waals surface area contributed by atoms with Crippen molar-refractivity contribution in [2.24, 2.45) is 0 Å². The fourth-order valence-electron chi connectivity index (χ4n) is 4.53. The topological polar surface area (TPSA) is 114 Å². The molecule has 1 unspecified atom stereocenters. The Morgan fingerprint density at radius 3 is 2.81 bits per heavy atom. The second kappa shape index (κ2) is 10.1. The first-order valence-corrected chi connectivity index (χ1v) is 12.4.